The van der Waals surface area contributed by atoms with E-state index in [1.165, 1.54) is 6.07 Å². The second-order valence-electron chi connectivity index (χ2n) is 5.71. The lowest BCUT2D eigenvalue weighted by Crippen LogP contribution is -2.48. The number of benzene rings is 1. The van der Waals surface area contributed by atoms with Gasteiger partial charge in [0.2, 0.25) is 5.91 Å². The third kappa shape index (κ3) is 3.61. The van der Waals surface area contributed by atoms with E-state index in [0.29, 0.717) is 29.4 Å². The molecule has 6 heteroatoms. The average molecular weight is 358 g/mol. The predicted molar refractivity (Wildman–Crippen MR) is 79.4 cm³/mol. The van der Waals surface area contributed by atoms with Gasteiger partial charge in [-0.1, -0.05) is 6.07 Å². The van der Waals surface area contributed by atoms with Crippen LogP contribution in [0.15, 0.2) is 22.7 Å². The highest BCUT2D eigenvalue weighted by Crippen LogP contribution is 2.30. The van der Waals surface area contributed by atoms with Gasteiger partial charge in [0.1, 0.15) is 5.82 Å². The topological polar surface area (TPSA) is 57.6 Å². The molecule has 0 aromatic heterocycles. The number of carboxylic acid groups (broad SMARTS) is 1. The number of hydrogen-bond donors (Lipinski definition) is 1. The van der Waals surface area contributed by atoms with Gasteiger partial charge in [-0.25, -0.2) is 4.39 Å². The molecule has 1 saturated heterocycles. The summed E-state index contributed by atoms with van der Waals surface area (Å²) in [5.74, 6) is -1.37. The molecule has 1 N–H and O–H groups in total. The smallest absolute Gasteiger partial charge is 0.311 e. The van der Waals surface area contributed by atoms with E-state index in [4.69, 9.17) is 0 Å². The fourth-order valence-corrected chi connectivity index (χ4v) is 2.99. The van der Waals surface area contributed by atoms with Gasteiger partial charge in [0.05, 0.1) is 16.3 Å². The van der Waals surface area contributed by atoms with Gasteiger partial charge >= 0.3 is 5.97 Å². The molecule has 1 aliphatic rings. The van der Waals surface area contributed by atoms with E-state index >= 15 is 0 Å². The number of halogens is 2. The van der Waals surface area contributed by atoms with E-state index in [-0.39, 0.29) is 24.7 Å². The summed E-state index contributed by atoms with van der Waals surface area (Å²) in [6, 6.07) is 4.45. The Bertz CT molecular complexity index is 578. The molecule has 1 aromatic rings. The molecule has 0 radical (unpaired) electrons. The van der Waals surface area contributed by atoms with Crippen molar-refractivity contribution in [1.82, 2.24) is 4.90 Å². The molecular weight excluding hydrogens is 341 g/mol. The van der Waals surface area contributed by atoms with Gasteiger partial charge in [-0.3, -0.25) is 9.59 Å². The van der Waals surface area contributed by atoms with Gasteiger partial charge in [-0.05, 0) is 53.4 Å². The lowest BCUT2D eigenvalue weighted by Gasteiger charge is -2.37. The van der Waals surface area contributed by atoms with Crippen LogP contribution in [0.3, 0.4) is 0 Å². The summed E-state index contributed by atoms with van der Waals surface area (Å²) in [7, 11) is 0. The zero-order valence-electron chi connectivity index (χ0n) is 11.7. The van der Waals surface area contributed by atoms with Gasteiger partial charge in [-0.2, -0.15) is 0 Å². The van der Waals surface area contributed by atoms with Crippen molar-refractivity contribution in [3.8, 4) is 0 Å². The maximum atomic E-state index is 13.2. The maximum absolute atomic E-state index is 13.2. The fourth-order valence-electron chi connectivity index (χ4n) is 2.56. The second kappa shape index (κ2) is 6.13. The Balaban J connectivity index is 2.06. The van der Waals surface area contributed by atoms with Crippen molar-refractivity contribution in [3.05, 3.63) is 34.1 Å². The molecule has 21 heavy (non-hydrogen) atoms. The van der Waals surface area contributed by atoms with E-state index in [1.54, 1.807) is 24.0 Å². The molecule has 1 atom stereocenters. The van der Waals surface area contributed by atoms with Crippen molar-refractivity contribution in [2.75, 3.05) is 13.1 Å². The van der Waals surface area contributed by atoms with E-state index in [9.17, 15) is 19.1 Å². The number of nitrogens with zero attached hydrogens (tertiary/aromatic N) is 1. The van der Waals surface area contributed by atoms with Crippen LogP contribution >= 0.6 is 15.9 Å². The van der Waals surface area contributed by atoms with Crippen molar-refractivity contribution < 1.29 is 19.1 Å². The average Bonchev–Trinajstić information content (AvgIpc) is 2.43. The first-order valence-corrected chi connectivity index (χ1v) is 7.56. The highest BCUT2D eigenvalue weighted by atomic mass is 79.9. The first-order chi connectivity index (χ1) is 9.82. The third-order valence-corrected chi connectivity index (χ3v) is 4.51. The minimum absolute atomic E-state index is 0.124. The maximum Gasteiger partial charge on any atom is 0.311 e. The Morgan fingerprint density at radius 1 is 1.48 bits per heavy atom. The van der Waals surface area contributed by atoms with Gasteiger partial charge in [0.15, 0.2) is 0 Å². The Labute approximate surface area is 131 Å². The molecule has 1 aromatic carbocycles. The molecule has 0 saturated carbocycles. The number of piperidine rings is 1. The highest BCUT2D eigenvalue weighted by molar-refractivity contribution is 9.10. The number of aliphatic carboxylic acids is 1. The Kier molecular flexibility index (Phi) is 4.66. The summed E-state index contributed by atoms with van der Waals surface area (Å²) >= 11 is 3.09. The van der Waals surface area contributed by atoms with Gasteiger partial charge in [0, 0.05) is 13.1 Å². The summed E-state index contributed by atoms with van der Waals surface area (Å²) in [6.45, 7) is 2.47. The molecule has 0 bridgehead atoms. The van der Waals surface area contributed by atoms with Crippen LogP contribution < -0.4 is 0 Å². The number of hydrogen-bond acceptors (Lipinski definition) is 2. The third-order valence-electron chi connectivity index (χ3n) is 3.90. The molecule has 1 aliphatic heterocycles. The van der Waals surface area contributed by atoms with Crippen LogP contribution in [0.1, 0.15) is 25.3 Å². The first-order valence-electron chi connectivity index (χ1n) is 6.77. The summed E-state index contributed by atoms with van der Waals surface area (Å²) in [6.07, 6.45) is 1.41. The molecular formula is C15H17BrFNO3. The normalized spacial score (nSPS) is 22.1. The summed E-state index contributed by atoms with van der Waals surface area (Å²) in [4.78, 5) is 25.2. The van der Waals surface area contributed by atoms with Gasteiger partial charge < -0.3 is 10.0 Å². The molecule has 0 spiro atoms. The van der Waals surface area contributed by atoms with Crippen molar-refractivity contribution in [1.29, 1.82) is 0 Å². The van der Waals surface area contributed by atoms with Gasteiger partial charge in [0.25, 0.3) is 0 Å². The van der Waals surface area contributed by atoms with Crippen molar-refractivity contribution in [2.45, 2.75) is 26.2 Å². The fraction of sp³-hybridized carbons (Fsp3) is 0.467. The summed E-state index contributed by atoms with van der Waals surface area (Å²) in [5.41, 5.74) is -0.173. The number of rotatable bonds is 3. The van der Waals surface area contributed by atoms with Crippen LogP contribution in [0.4, 0.5) is 4.39 Å². The number of carbonyl (C=O) groups excluding carboxylic acids is 1. The van der Waals surface area contributed by atoms with Gasteiger partial charge in [-0.15, -0.1) is 0 Å². The Morgan fingerprint density at radius 3 is 2.81 bits per heavy atom. The summed E-state index contributed by atoms with van der Waals surface area (Å²) in [5, 5.41) is 9.27. The Morgan fingerprint density at radius 2 is 2.19 bits per heavy atom. The standard InChI is InChI=1S/C15H17BrFNO3/c1-15(14(20)21)5-2-6-18(9-15)13(19)8-10-3-4-12(17)11(16)7-10/h3-4,7H,2,5-6,8-9H2,1H3,(H,20,21). The van der Waals surface area contributed by atoms with Crippen LogP contribution in [0, 0.1) is 11.2 Å². The largest absolute Gasteiger partial charge is 0.481 e. The molecule has 114 valence electrons. The molecule has 1 amide bonds. The quantitative estimate of drug-likeness (QED) is 0.904. The molecule has 1 fully saturated rings. The van der Waals surface area contributed by atoms with E-state index < -0.39 is 11.4 Å². The number of carbonyl (C=O) groups is 2. The predicted octanol–water partition coefficient (Wildman–Crippen LogP) is 2.84. The minimum atomic E-state index is -0.878. The van der Waals surface area contributed by atoms with E-state index in [2.05, 4.69) is 15.9 Å². The number of likely N-dealkylation sites (tertiary alicyclic amines) is 1. The molecule has 1 heterocycles. The minimum Gasteiger partial charge on any atom is -0.481 e. The molecule has 2 rings (SSSR count). The lowest BCUT2D eigenvalue weighted by atomic mass is 9.82. The van der Waals surface area contributed by atoms with Crippen molar-refractivity contribution in [2.24, 2.45) is 5.41 Å². The second-order valence-corrected chi connectivity index (χ2v) is 6.56. The highest BCUT2D eigenvalue weighted by Gasteiger charge is 2.39. The lowest BCUT2D eigenvalue weighted by molar-refractivity contribution is -0.153. The van der Waals surface area contributed by atoms with Crippen LogP contribution in [0.25, 0.3) is 0 Å². The van der Waals surface area contributed by atoms with Crippen molar-refractivity contribution in [3.63, 3.8) is 0 Å². The van der Waals surface area contributed by atoms with Crippen LogP contribution in [0.5, 0.6) is 0 Å². The summed E-state index contributed by atoms with van der Waals surface area (Å²) < 4.78 is 13.5. The monoisotopic (exact) mass is 357 g/mol. The SMILES string of the molecule is CC1(C(=O)O)CCCN(C(=O)Cc2ccc(F)c(Br)c2)C1. The zero-order valence-corrected chi connectivity index (χ0v) is 13.3. The van der Waals surface area contributed by atoms with Crippen LogP contribution in [0.2, 0.25) is 0 Å². The van der Waals surface area contributed by atoms with Crippen molar-refractivity contribution >= 4 is 27.8 Å². The molecule has 1 unspecified atom stereocenters. The molecule has 4 nitrogen and oxygen atoms in total. The Hall–Kier alpha value is -1.43. The molecule has 0 aliphatic carbocycles. The van der Waals surface area contributed by atoms with E-state index in [0.717, 1.165) is 0 Å². The first kappa shape index (κ1) is 15.9. The number of amides is 1. The van der Waals surface area contributed by atoms with Crippen LogP contribution in [-0.4, -0.2) is 35.0 Å². The van der Waals surface area contributed by atoms with E-state index in [1.807, 2.05) is 0 Å². The van der Waals surface area contributed by atoms with Crippen LogP contribution in [-0.2, 0) is 16.0 Å². The number of carboxylic acids is 1. The zero-order chi connectivity index (χ0) is 15.6.